The van der Waals surface area contributed by atoms with Crippen LogP contribution in [0.25, 0.3) is 22.3 Å². The lowest BCUT2D eigenvalue weighted by molar-refractivity contribution is -0.170. The number of hydrogen-bond donors (Lipinski definition) is 1. The van der Waals surface area contributed by atoms with Gasteiger partial charge in [-0.2, -0.15) is 13.8 Å². The van der Waals surface area contributed by atoms with Crippen LogP contribution in [0.3, 0.4) is 0 Å². The molecule has 0 unspecified atom stereocenters. The summed E-state index contributed by atoms with van der Waals surface area (Å²) in [5.74, 6) is -1.26. The minimum atomic E-state index is -0.968. The van der Waals surface area contributed by atoms with Gasteiger partial charge in [0.2, 0.25) is 23.7 Å². The fraction of sp³-hybridized carbons (Fsp3) is 0.525. The average Bonchev–Trinajstić information content (AvgIpc) is 3.66. The normalized spacial score (nSPS) is 23.7. The second-order valence-electron chi connectivity index (χ2n) is 16.3. The van der Waals surface area contributed by atoms with Crippen molar-refractivity contribution < 1.29 is 23.1 Å². The van der Waals surface area contributed by atoms with Crippen LogP contribution in [-0.2, 0) is 19.7 Å². The molecule has 0 atom stereocenters. The minimum Gasteiger partial charge on any atom is -0.379 e. The van der Waals surface area contributed by atoms with Crippen molar-refractivity contribution in [1.29, 1.82) is 0 Å². The van der Waals surface area contributed by atoms with Crippen LogP contribution in [0.4, 0.5) is 26.0 Å². The van der Waals surface area contributed by atoms with Gasteiger partial charge < -0.3 is 29.3 Å². The number of fused-ring (bicyclic) bond motifs is 3. The van der Waals surface area contributed by atoms with Crippen LogP contribution in [0.5, 0.6) is 0 Å². The number of nitrogens with one attached hydrogen (secondary N) is 1. The zero-order valence-corrected chi connectivity index (χ0v) is 30.6. The molecule has 4 aromatic rings. The van der Waals surface area contributed by atoms with Gasteiger partial charge in [0.25, 0.3) is 0 Å². The highest BCUT2D eigenvalue weighted by molar-refractivity contribution is 6.09. The predicted octanol–water partition coefficient (Wildman–Crippen LogP) is 6.36. The van der Waals surface area contributed by atoms with Gasteiger partial charge >= 0.3 is 0 Å². The molecule has 53 heavy (non-hydrogen) atoms. The number of benzene rings is 1. The number of amides is 2. The Kier molecular flexibility index (Phi) is 8.30. The molecule has 13 heteroatoms. The van der Waals surface area contributed by atoms with Gasteiger partial charge in [-0.25, -0.2) is 9.97 Å². The summed E-state index contributed by atoms with van der Waals surface area (Å²) in [6, 6.07) is 11.1. The van der Waals surface area contributed by atoms with Crippen LogP contribution in [-0.4, -0.2) is 92.6 Å². The lowest BCUT2D eigenvalue weighted by Crippen LogP contribution is -2.59. The molecule has 0 bridgehead atoms. The molecule has 9 rings (SSSR count). The fourth-order valence-electron chi connectivity index (χ4n) is 9.27. The molecule has 4 aliphatic heterocycles. The number of rotatable bonds is 7. The van der Waals surface area contributed by atoms with Gasteiger partial charge in [0.1, 0.15) is 5.52 Å². The van der Waals surface area contributed by atoms with E-state index in [1.54, 1.807) is 6.33 Å². The summed E-state index contributed by atoms with van der Waals surface area (Å²) in [6.45, 7) is 10.2. The van der Waals surface area contributed by atoms with E-state index in [2.05, 4.69) is 37.2 Å². The Labute approximate surface area is 307 Å². The Hall–Kier alpha value is -4.49. The quantitative estimate of drug-likeness (QED) is 0.220. The molecule has 11 nitrogen and oxygen atoms in total. The molecule has 1 aliphatic carbocycles. The molecule has 3 saturated heterocycles. The van der Waals surface area contributed by atoms with Crippen LogP contribution in [0.2, 0.25) is 0 Å². The minimum absolute atomic E-state index is 0.00146. The Morgan fingerprint density at radius 3 is 2.40 bits per heavy atom. The average molecular weight is 725 g/mol. The largest absolute Gasteiger partial charge is 0.379 e. The third kappa shape index (κ3) is 5.60. The molecule has 1 aromatic carbocycles. The van der Waals surface area contributed by atoms with E-state index >= 15 is 0 Å². The van der Waals surface area contributed by atoms with Gasteiger partial charge in [-0.3, -0.25) is 9.59 Å². The number of piperidine rings is 2. The Bertz CT molecular complexity index is 2090. The summed E-state index contributed by atoms with van der Waals surface area (Å²) in [6.07, 6.45) is 8.51. The number of nitrogens with zero attached hydrogens (tertiary/aromatic N) is 7. The van der Waals surface area contributed by atoms with E-state index in [-0.39, 0.29) is 29.6 Å². The summed E-state index contributed by atoms with van der Waals surface area (Å²) >= 11 is 0. The third-order valence-electron chi connectivity index (χ3n) is 12.5. The summed E-state index contributed by atoms with van der Waals surface area (Å²) < 4.78 is 35.9. The molecular weight excluding hydrogens is 678 g/mol. The van der Waals surface area contributed by atoms with E-state index in [4.69, 9.17) is 9.72 Å². The summed E-state index contributed by atoms with van der Waals surface area (Å²) in [5, 5.41) is 3.07. The monoisotopic (exact) mass is 724 g/mol. The second-order valence-corrected chi connectivity index (χ2v) is 16.3. The van der Waals surface area contributed by atoms with Gasteiger partial charge in [-0.1, -0.05) is 18.6 Å². The first kappa shape index (κ1) is 34.3. The predicted molar refractivity (Wildman–Crippen MR) is 197 cm³/mol. The first-order valence-electron chi connectivity index (χ1n) is 19.1. The lowest BCUT2D eigenvalue weighted by atomic mass is 9.72. The van der Waals surface area contributed by atoms with Crippen molar-refractivity contribution in [2.24, 2.45) is 5.41 Å². The van der Waals surface area contributed by atoms with Gasteiger partial charge in [0.05, 0.1) is 47.3 Å². The standard InChI is InChI=1S/C40H46F2N8O3/c1-24(2)49-23-43-31-20-30(45-36(34(31)49)44-29-9-10-33(41)46-35(29)42)25-7-8-28-32(17-25)50(27-18-26(19-27)47-13-5-4-6-14-47)38(52)40(28)11-15-48(16-12-40)37(51)39(3)21-53-22-39/h7-10,17,20,23-24,26-27H,4-6,11-16,18-19,21-22H2,1-3H3,(H,44,45). The van der Waals surface area contributed by atoms with Gasteiger partial charge in [0, 0.05) is 42.5 Å². The van der Waals surface area contributed by atoms with E-state index < -0.39 is 22.7 Å². The number of anilines is 3. The van der Waals surface area contributed by atoms with Crippen molar-refractivity contribution in [3.63, 3.8) is 0 Å². The van der Waals surface area contributed by atoms with Gasteiger partial charge in [-0.05, 0) is 102 Å². The first-order valence-corrected chi connectivity index (χ1v) is 19.1. The van der Waals surface area contributed by atoms with E-state index in [1.165, 1.54) is 25.3 Å². The topological polar surface area (TPSA) is 109 Å². The third-order valence-corrected chi connectivity index (χ3v) is 12.5. The SMILES string of the molecule is CC(C)n1cnc2cc(-c3ccc4c(c3)N(C3CC(N5CCCCC5)C3)C(=O)C43CCN(C(=O)C4(C)COC4)CC3)nc(Nc3ccc(F)nc3F)c21. The molecule has 1 spiro atoms. The van der Waals surface area contributed by atoms with Crippen molar-refractivity contribution in [3.05, 3.63) is 60.2 Å². The maximum atomic E-state index is 14.9. The zero-order chi connectivity index (χ0) is 36.6. The van der Waals surface area contributed by atoms with E-state index in [0.29, 0.717) is 67.7 Å². The van der Waals surface area contributed by atoms with Crippen molar-refractivity contribution in [2.75, 3.05) is 49.6 Å². The number of imidazole rings is 1. The number of hydrogen-bond acceptors (Lipinski definition) is 8. The summed E-state index contributed by atoms with van der Waals surface area (Å²) in [5.41, 5.74) is 3.50. The van der Waals surface area contributed by atoms with E-state index in [1.807, 2.05) is 42.4 Å². The lowest BCUT2D eigenvalue weighted by Gasteiger charge is -2.48. The van der Waals surface area contributed by atoms with Crippen LogP contribution < -0.4 is 10.2 Å². The molecule has 5 aliphatic rings. The second kappa shape index (κ2) is 12.8. The fourth-order valence-corrected chi connectivity index (χ4v) is 9.27. The van der Waals surface area contributed by atoms with Crippen molar-refractivity contribution in [2.45, 2.75) is 89.3 Å². The molecule has 7 heterocycles. The summed E-state index contributed by atoms with van der Waals surface area (Å²) in [7, 11) is 0. The summed E-state index contributed by atoms with van der Waals surface area (Å²) in [4.78, 5) is 48.0. The molecule has 1 N–H and O–H groups in total. The number of ether oxygens (including phenoxy) is 1. The molecule has 2 amide bonds. The van der Waals surface area contributed by atoms with Gasteiger partial charge in [-0.15, -0.1) is 0 Å². The molecular formula is C40H46F2N8O3. The zero-order valence-electron chi connectivity index (χ0n) is 30.6. The highest BCUT2D eigenvalue weighted by Crippen LogP contribution is 2.52. The van der Waals surface area contributed by atoms with Crippen LogP contribution in [0.1, 0.15) is 77.3 Å². The van der Waals surface area contributed by atoms with Crippen LogP contribution in [0, 0.1) is 17.3 Å². The van der Waals surface area contributed by atoms with Crippen LogP contribution in [0.15, 0.2) is 42.7 Å². The number of halogens is 2. The number of carbonyl (C=O) groups is 2. The van der Waals surface area contributed by atoms with Gasteiger partial charge in [0.15, 0.2) is 5.82 Å². The molecule has 4 fully saturated rings. The number of likely N-dealkylation sites (tertiary alicyclic amines) is 2. The molecule has 278 valence electrons. The van der Waals surface area contributed by atoms with Crippen molar-refractivity contribution in [3.8, 4) is 11.3 Å². The maximum Gasteiger partial charge on any atom is 0.239 e. The molecule has 3 aromatic heterocycles. The molecule has 0 radical (unpaired) electrons. The number of aromatic nitrogens is 4. The number of carbonyl (C=O) groups excluding carboxylic acids is 2. The Morgan fingerprint density at radius 1 is 0.962 bits per heavy atom. The molecule has 1 saturated carbocycles. The van der Waals surface area contributed by atoms with Crippen LogP contribution >= 0.6 is 0 Å². The van der Waals surface area contributed by atoms with Crippen molar-refractivity contribution in [1.82, 2.24) is 29.3 Å². The van der Waals surface area contributed by atoms with Crippen molar-refractivity contribution >= 4 is 40.0 Å². The highest BCUT2D eigenvalue weighted by Gasteiger charge is 2.56. The smallest absolute Gasteiger partial charge is 0.239 e. The Balaban J connectivity index is 1.09. The van der Waals surface area contributed by atoms with E-state index in [9.17, 15) is 18.4 Å². The maximum absolute atomic E-state index is 14.9. The first-order chi connectivity index (χ1) is 25.5. The number of pyridine rings is 2. The van der Waals surface area contributed by atoms with E-state index in [0.717, 1.165) is 48.8 Å². The Morgan fingerprint density at radius 2 is 1.72 bits per heavy atom. The highest BCUT2D eigenvalue weighted by atomic mass is 19.1.